The van der Waals surface area contributed by atoms with Gasteiger partial charge in [-0.3, -0.25) is 0 Å². The molecule has 9 heavy (non-hydrogen) atoms. The molecule has 0 amide bonds. The van der Waals surface area contributed by atoms with Crippen molar-refractivity contribution in [3.63, 3.8) is 0 Å². The second-order valence-electron chi connectivity index (χ2n) is 2.31. The van der Waals surface area contributed by atoms with Gasteiger partial charge in [0.25, 0.3) is 0 Å². The van der Waals surface area contributed by atoms with Crippen molar-refractivity contribution in [2.45, 2.75) is 25.6 Å². The van der Waals surface area contributed by atoms with Crippen LogP contribution in [0.2, 0.25) is 0 Å². The fourth-order valence-electron chi connectivity index (χ4n) is 0.944. The molecule has 0 fully saturated rings. The van der Waals surface area contributed by atoms with Gasteiger partial charge in [-0.15, -0.1) is 0 Å². The van der Waals surface area contributed by atoms with Gasteiger partial charge in [0.15, 0.2) is 0 Å². The summed E-state index contributed by atoms with van der Waals surface area (Å²) in [5, 5.41) is 8.65. The van der Waals surface area contributed by atoms with Crippen molar-refractivity contribution in [3.05, 3.63) is 12.2 Å². The average molecular weight is 128 g/mol. The minimum Gasteiger partial charge on any atom is -0.394 e. The van der Waals surface area contributed by atoms with Gasteiger partial charge in [0, 0.05) is 0 Å². The molecule has 2 nitrogen and oxygen atoms in total. The summed E-state index contributed by atoms with van der Waals surface area (Å²) in [5.41, 5.74) is 0. The molecular formula is C7H12O2. The summed E-state index contributed by atoms with van der Waals surface area (Å²) in [6.07, 6.45) is 5.11. The third-order valence-electron chi connectivity index (χ3n) is 1.42. The number of aliphatic hydroxyl groups is 1. The molecule has 2 heteroatoms. The Morgan fingerprint density at radius 2 is 2.56 bits per heavy atom. The van der Waals surface area contributed by atoms with E-state index in [0.717, 1.165) is 6.42 Å². The highest BCUT2D eigenvalue weighted by Crippen LogP contribution is 2.10. The topological polar surface area (TPSA) is 29.5 Å². The van der Waals surface area contributed by atoms with E-state index in [2.05, 4.69) is 6.08 Å². The Hall–Kier alpha value is -0.340. The van der Waals surface area contributed by atoms with E-state index in [1.165, 1.54) is 0 Å². The quantitative estimate of drug-likeness (QED) is 0.527. The first-order valence-electron chi connectivity index (χ1n) is 3.26. The molecule has 1 N–H and O–H groups in total. The average Bonchev–Trinajstić information content (AvgIpc) is 1.88. The molecular weight excluding hydrogens is 116 g/mol. The zero-order chi connectivity index (χ0) is 6.69. The zero-order valence-electron chi connectivity index (χ0n) is 5.58. The zero-order valence-corrected chi connectivity index (χ0v) is 5.58. The smallest absolute Gasteiger partial charge is 0.0847 e. The van der Waals surface area contributed by atoms with Gasteiger partial charge in [0.1, 0.15) is 0 Å². The third-order valence-corrected chi connectivity index (χ3v) is 1.42. The Bertz CT molecular complexity index is 109. The van der Waals surface area contributed by atoms with Crippen molar-refractivity contribution in [2.75, 3.05) is 6.61 Å². The van der Waals surface area contributed by atoms with E-state index in [1.54, 1.807) is 0 Å². The summed E-state index contributed by atoms with van der Waals surface area (Å²) < 4.78 is 5.30. The Morgan fingerprint density at radius 3 is 3.00 bits per heavy atom. The van der Waals surface area contributed by atoms with Crippen LogP contribution in [-0.2, 0) is 4.74 Å². The lowest BCUT2D eigenvalue weighted by atomic mass is 10.2. The highest BCUT2D eigenvalue weighted by Gasteiger charge is 2.12. The maximum absolute atomic E-state index is 8.65. The molecule has 0 radical (unpaired) electrons. The molecule has 0 saturated heterocycles. The van der Waals surface area contributed by atoms with Gasteiger partial charge in [-0.2, -0.15) is 0 Å². The molecule has 0 aromatic rings. The first-order valence-corrected chi connectivity index (χ1v) is 3.26. The lowest BCUT2D eigenvalue weighted by Gasteiger charge is -2.21. The van der Waals surface area contributed by atoms with Crippen molar-refractivity contribution in [3.8, 4) is 0 Å². The Kier molecular flexibility index (Phi) is 2.25. The molecule has 52 valence electrons. The standard InChI is InChI=1S/C7H12O2/c1-6-3-2-4-7(5-8)9-6/h2-3,6-8H,4-5H2,1H3/t6-,7-/m0/s1. The molecule has 0 aromatic carbocycles. The fourth-order valence-corrected chi connectivity index (χ4v) is 0.944. The monoisotopic (exact) mass is 128 g/mol. The highest BCUT2D eigenvalue weighted by molar-refractivity contribution is 4.93. The van der Waals surface area contributed by atoms with E-state index in [4.69, 9.17) is 9.84 Å². The maximum atomic E-state index is 8.65. The van der Waals surface area contributed by atoms with Crippen LogP contribution in [0.1, 0.15) is 13.3 Å². The third kappa shape index (κ3) is 1.80. The predicted molar refractivity (Wildman–Crippen MR) is 35.2 cm³/mol. The molecule has 0 aliphatic carbocycles. The molecule has 1 rings (SSSR count). The van der Waals surface area contributed by atoms with E-state index in [0.29, 0.717) is 0 Å². The minimum absolute atomic E-state index is 0.0324. The molecule has 0 aromatic heterocycles. The lowest BCUT2D eigenvalue weighted by molar-refractivity contribution is -0.0165. The van der Waals surface area contributed by atoms with Gasteiger partial charge in [0.2, 0.25) is 0 Å². The van der Waals surface area contributed by atoms with Crippen molar-refractivity contribution < 1.29 is 9.84 Å². The van der Waals surface area contributed by atoms with Crippen molar-refractivity contribution in [2.24, 2.45) is 0 Å². The number of hydrogen-bond acceptors (Lipinski definition) is 2. The Labute approximate surface area is 55.1 Å². The molecule has 0 bridgehead atoms. The van der Waals surface area contributed by atoms with E-state index < -0.39 is 0 Å². The van der Waals surface area contributed by atoms with E-state index in [1.807, 2.05) is 13.0 Å². The van der Waals surface area contributed by atoms with Crippen LogP contribution in [0.3, 0.4) is 0 Å². The largest absolute Gasteiger partial charge is 0.394 e. The summed E-state index contributed by atoms with van der Waals surface area (Å²) in [4.78, 5) is 0. The van der Waals surface area contributed by atoms with Crippen molar-refractivity contribution >= 4 is 0 Å². The summed E-state index contributed by atoms with van der Waals surface area (Å²) >= 11 is 0. The van der Waals surface area contributed by atoms with E-state index in [-0.39, 0.29) is 18.8 Å². The predicted octanol–water partition coefficient (Wildman–Crippen LogP) is 0.712. The van der Waals surface area contributed by atoms with Gasteiger partial charge >= 0.3 is 0 Å². The SMILES string of the molecule is C[C@H]1C=CC[C@@H](CO)O1. The second kappa shape index (κ2) is 2.99. The summed E-state index contributed by atoms with van der Waals surface area (Å²) in [7, 11) is 0. The van der Waals surface area contributed by atoms with Gasteiger partial charge in [-0.1, -0.05) is 12.2 Å². The summed E-state index contributed by atoms with van der Waals surface area (Å²) in [5.74, 6) is 0. The van der Waals surface area contributed by atoms with Crippen LogP contribution < -0.4 is 0 Å². The van der Waals surface area contributed by atoms with Crippen LogP contribution in [-0.4, -0.2) is 23.9 Å². The van der Waals surface area contributed by atoms with Crippen LogP contribution in [0.5, 0.6) is 0 Å². The van der Waals surface area contributed by atoms with Gasteiger partial charge in [-0.25, -0.2) is 0 Å². The summed E-state index contributed by atoms with van der Waals surface area (Å²) in [6.45, 7) is 2.10. The first-order chi connectivity index (χ1) is 4.33. The van der Waals surface area contributed by atoms with E-state index in [9.17, 15) is 0 Å². The molecule has 0 saturated carbocycles. The Balaban J connectivity index is 2.38. The number of ether oxygens (including phenoxy) is 1. The highest BCUT2D eigenvalue weighted by atomic mass is 16.5. The van der Waals surface area contributed by atoms with Crippen LogP contribution in [0, 0.1) is 0 Å². The van der Waals surface area contributed by atoms with Crippen LogP contribution >= 0.6 is 0 Å². The summed E-state index contributed by atoms with van der Waals surface area (Å²) in [6, 6.07) is 0. The molecule has 2 atom stereocenters. The van der Waals surface area contributed by atoms with Crippen molar-refractivity contribution in [1.82, 2.24) is 0 Å². The maximum Gasteiger partial charge on any atom is 0.0847 e. The normalized spacial score (nSPS) is 34.9. The van der Waals surface area contributed by atoms with Crippen LogP contribution in [0.4, 0.5) is 0 Å². The minimum atomic E-state index is 0.0324. The molecule has 1 heterocycles. The van der Waals surface area contributed by atoms with Crippen molar-refractivity contribution in [1.29, 1.82) is 0 Å². The van der Waals surface area contributed by atoms with Gasteiger partial charge < -0.3 is 9.84 Å². The lowest BCUT2D eigenvalue weighted by Crippen LogP contribution is -2.24. The van der Waals surface area contributed by atoms with Crippen LogP contribution in [0.25, 0.3) is 0 Å². The second-order valence-corrected chi connectivity index (χ2v) is 2.31. The number of hydrogen-bond donors (Lipinski definition) is 1. The number of aliphatic hydroxyl groups excluding tert-OH is 1. The van der Waals surface area contributed by atoms with Gasteiger partial charge in [0.05, 0.1) is 18.8 Å². The number of rotatable bonds is 1. The molecule has 1 aliphatic heterocycles. The van der Waals surface area contributed by atoms with Gasteiger partial charge in [-0.05, 0) is 13.3 Å². The first kappa shape index (κ1) is 6.78. The van der Waals surface area contributed by atoms with E-state index >= 15 is 0 Å². The molecule has 0 unspecified atom stereocenters. The Morgan fingerprint density at radius 1 is 1.78 bits per heavy atom. The van der Waals surface area contributed by atoms with Crippen LogP contribution in [0.15, 0.2) is 12.2 Å². The molecule has 0 spiro atoms. The molecule has 1 aliphatic rings. The fraction of sp³-hybridized carbons (Fsp3) is 0.714.